The Labute approximate surface area is 219 Å². The van der Waals surface area contributed by atoms with Crippen LogP contribution in [0.25, 0.3) is 10.9 Å². The van der Waals surface area contributed by atoms with E-state index in [4.69, 9.17) is 14.5 Å². The highest BCUT2D eigenvalue weighted by Crippen LogP contribution is 2.34. The number of ether oxygens (including phenoxy) is 2. The monoisotopic (exact) mass is 520 g/mol. The van der Waals surface area contributed by atoms with Gasteiger partial charge in [-0.1, -0.05) is 25.1 Å². The predicted molar refractivity (Wildman–Crippen MR) is 140 cm³/mol. The molecule has 1 N–H and O–H groups in total. The highest BCUT2D eigenvalue weighted by atomic mass is 32.1. The van der Waals surface area contributed by atoms with E-state index in [1.165, 1.54) is 0 Å². The molecule has 0 radical (unpaired) electrons. The maximum Gasteiger partial charge on any atom is 0.348 e. The number of thiophene rings is 1. The number of likely N-dealkylation sites (N-methyl/N-ethyl adjacent to an activating group) is 1. The van der Waals surface area contributed by atoms with Crippen LogP contribution < -0.4 is 5.32 Å². The number of hydrogen-bond donors (Lipinski definition) is 1. The molecule has 1 amide bonds. The SMILES string of the molecule is CCOC(=O)c1sc(NC(=O)C(CC)OC(=O)c2c3c(nc4ccccc24)CCN(C)C3)c(C#N)c1C. The average molecular weight is 521 g/mol. The molecule has 1 aromatic carbocycles. The number of carbonyl (C=O) groups is 3. The van der Waals surface area contributed by atoms with E-state index >= 15 is 0 Å². The van der Waals surface area contributed by atoms with E-state index in [0.717, 1.165) is 29.1 Å². The number of amides is 1. The van der Waals surface area contributed by atoms with Crippen LogP contribution in [0.3, 0.4) is 0 Å². The normalized spacial score (nSPS) is 13.9. The molecule has 0 spiro atoms. The summed E-state index contributed by atoms with van der Waals surface area (Å²) in [5.74, 6) is -1.73. The molecule has 3 heterocycles. The van der Waals surface area contributed by atoms with Gasteiger partial charge in [-0.15, -0.1) is 11.3 Å². The Morgan fingerprint density at radius 1 is 1.24 bits per heavy atom. The molecule has 0 saturated carbocycles. The summed E-state index contributed by atoms with van der Waals surface area (Å²) >= 11 is 0.968. The Morgan fingerprint density at radius 3 is 2.70 bits per heavy atom. The van der Waals surface area contributed by atoms with Crippen LogP contribution >= 0.6 is 11.3 Å². The summed E-state index contributed by atoms with van der Waals surface area (Å²) in [4.78, 5) is 46.1. The summed E-state index contributed by atoms with van der Waals surface area (Å²) < 4.78 is 10.8. The minimum Gasteiger partial charge on any atom is -0.462 e. The van der Waals surface area contributed by atoms with E-state index in [0.29, 0.717) is 35.0 Å². The summed E-state index contributed by atoms with van der Waals surface area (Å²) in [5.41, 5.74) is 3.42. The second-order valence-electron chi connectivity index (χ2n) is 8.80. The zero-order valence-electron chi connectivity index (χ0n) is 21.2. The predicted octanol–water partition coefficient (Wildman–Crippen LogP) is 4.22. The number of carbonyl (C=O) groups excluding carboxylic acids is 3. The number of aromatic nitrogens is 1. The Hall–Kier alpha value is -3.81. The van der Waals surface area contributed by atoms with Crippen molar-refractivity contribution in [1.29, 1.82) is 5.26 Å². The molecule has 0 saturated heterocycles. The van der Waals surface area contributed by atoms with Crippen LogP contribution in [0.15, 0.2) is 24.3 Å². The standard InChI is InChI=1S/C27H28N4O5S/c1-5-21(24(32)30-25-17(13-28)15(3)23(37-25)27(34)35-6-2)36-26(33)22-16-9-7-8-10-19(16)29-20-11-12-31(4)14-18(20)22/h7-10,21H,5-6,11-12,14H2,1-4H3,(H,30,32). The van der Waals surface area contributed by atoms with Crippen molar-refractivity contribution in [2.75, 3.05) is 25.5 Å². The topological polar surface area (TPSA) is 122 Å². The van der Waals surface area contributed by atoms with Crippen LogP contribution in [0, 0.1) is 18.3 Å². The van der Waals surface area contributed by atoms with E-state index in [-0.39, 0.29) is 28.5 Å². The molecule has 1 atom stereocenters. The largest absolute Gasteiger partial charge is 0.462 e. The van der Waals surface area contributed by atoms with Gasteiger partial charge in [0.05, 0.1) is 23.3 Å². The summed E-state index contributed by atoms with van der Waals surface area (Å²) in [6.45, 7) is 6.63. The molecule has 192 valence electrons. The first-order chi connectivity index (χ1) is 17.8. The molecule has 2 aromatic heterocycles. The number of para-hydroxylation sites is 1. The van der Waals surface area contributed by atoms with Gasteiger partial charge in [0.25, 0.3) is 5.91 Å². The molecule has 4 rings (SSSR count). The lowest BCUT2D eigenvalue weighted by molar-refractivity contribution is -0.124. The Kier molecular flexibility index (Phi) is 7.86. The number of nitrogens with one attached hydrogen (secondary N) is 1. The highest BCUT2D eigenvalue weighted by Gasteiger charge is 2.30. The van der Waals surface area contributed by atoms with E-state index in [1.54, 1.807) is 20.8 Å². The van der Waals surface area contributed by atoms with Gasteiger partial charge in [0.2, 0.25) is 0 Å². The van der Waals surface area contributed by atoms with Gasteiger partial charge < -0.3 is 19.7 Å². The van der Waals surface area contributed by atoms with Gasteiger partial charge in [-0.25, -0.2) is 9.59 Å². The number of benzene rings is 1. The van der Waals surface area contributed by atoms with Gasteiger partial charge >= 0.3 is 11.9 Å². The van der Waals surface area contributed by atoms with Crippen LogP contribution in [0.2, 0.25) is 0 Å². The van der Waals surface area contributed by atoms with Crippen LogP contribution in [0.4, 0.5) is 5.00 Å². The third-order valence-electron chi connectivity index (χ3n) is 6.31. The fourth-order valence-electron chi connectivity index (χ4n) is 4.39. The molecule has 0 aliphatic carbocycles. The molecule has 0 bridgehead atoms. The third-order valence-corrected chi connectivity index (χ3v) is 7.50. The van der Waals surface area contributed by atoms with Gasteiger partial charge in [-0.05, 0) is 38.9 Å². The first-order valence-corrected chi connectivity index (χ1v) is 12.9. The van der Waals surface area contributed by atoms with Gasteiger partial charge in [0, 0.05) is 36.2 Å². The maximum atomic E-state index is 13.5. The highest BCUT2D eigenvalue weighted by molar-refractivity contribution is 7.18. The molecule has 1 aliphatic rings. The lowest BCUT2D eigenvalue weighted by atomic mass is 9.96. The Morgan fingerprint density at radius 2 is 2.00 bits per heavy atom. The lowest BCUT2D eigenvalue weighted by Crippen LogP contribution is -2.34. The molecule has 10 heteroatoms. The number of nitrogens with zero attached hydrogens (tertiary/aromatic N) is 3. The number of esters is 2. The molecular formula is C27H28N4O5S. The fraction of sp³-hybridized carbons (Fsp3) is 0.370. The van der Waals surface area contributed by atoms with E-state index < -0.39 is 23.9 Å². The lowest BCUT2D eigenvalue weighted by Gasteiger charge is -2.27. The molecule has 37 heavy (non-hydrogen) atoms. The van der Waals surface area contributed by atoms with Crippen LogP contribution in [0.5, 0.6) is 0 Å². The number of hydrogen-bond acceptors (Lipinski definition) is 9. The molecular weight excluding hydrogens is 492 g/mol. The number of rotatable bonds is 7. The molecule has 1 unspecified atom stereocenters. The number of nitriles is 1. The zero-order valence-corrected chi connectivity index (χ0v) is 22.0. The smallest absolute Gasteiger partial charge is 0.348 e. The second kappa shape index (κ2) is 11.1. The van der Waals surface area contributed by atoms with Crippen molar-refractivity contribution in [1.82, 2.24) is 9.88 Å². The van der Waals surface area contributed by atoms with Crippen molar-refractivity contribution in [2.24, 2.45) is 0 Å². The quantitative estimate of drug-likeness (QED) is 0.460. The van der Waals surface area contributed by atoms with Crippen molar-refractivity contribution in [2.45, 2.75) is 46.3 Å². The summed E-state index contributed by atoms with van der Waals surface area (Å²) in [7, 11) is 1.98. The van der Waals surface area contributed by atoms with Gasteiger partial charge in [0.15, 0.2) is 6.10 Å². The minimum atomic E-state index is -1.10. The van der Waals surface area contributed by atoms with Crippen molar-refractivity contribution in [3.8, 4) is 6.07 Å². The number of pyridine rings is 1. The van der Waals surface area contributed by atoms with E-state index in [1.807, 2.05) is 37.4 Å². The number of anilines is 1. The zero-order chi connectivity index (χ0) is 26.7. The van der Waals surface area contributed by atoms with E-state index in [2.05, 4.69) is 10.2 Å². The van der Waals surface area contributed by atoms with Crippen LogP contribution in [-0.2, 0) is 27.2 Å². The van der Waals surface area contributed by atoms with Gasteiger partial charge in [-0.2, -0.15) is 5.26 Å². The summed E-state index contributed by atoms with van der Waals surface area (Å²) in [6.07, 6.45) is -0.164. The molecule has 0 fully saturated rings. The summed E-state index contributed by atoms with van der Waals surface area (Å²) in [5, 5.41) is 13.2. The first kappa shape index (κ1) is 26.3. The summed E-state index contributed by atoms with van der Waals surface area (Å²) in [6, 6.07) is 9.44. The number of fused-ring (bicyclic) bond motifs is 2. The van der Waals surface area contributed by atoms with Crippen molar-refractivity contribution < 1.29 is 23.9 Å². The van der Waals surface area contributed by atoms with Crippen LogP contribution in [0.1, 0.15) is 62.7 Å². The Bertz CT molecular complexity index is 1420. The van der Waals surface area contributed by atoms with Crippen molar-refractivity contribution in [3.63, 3.8) is 0 Å². The van der Waals surface area contributed by atoms with Gasteiger partial charge in [-0.3, -0.25) is 9.78 Å². The first-order valence-electron chi connectivity index (χ1n) is 12.1. The Balaban J connectivity index is 1.62. The van der Waals surface area contributed by atoms with Crippen molar-refractivity contribution in [3.05, 3.63) is 57.1 Å². The van der Waals surface area contributed by atoms with Crippen molar-refractivity contribution >= 4 is 45.1 Å². The minimum absolute atomic E-state index is 0.180. The molecule has 9 nitrogen and oxygen atoms in total. The third kappa shape index (κ3) is 5.19. The molecule has 3 aromatic rings. The maximum absolute atomic E-state index is 13.5. The average Bonchev–Trinajstić information content (AvgIpc) is 3.20. The fourth-order valence-corrected chi connectivity index (χ4v) is 5.44. The van der Waals surface area contributed by atoms with E-state index in [9.17, 15) is 19.6 Å². The van der Waals surface area contributed by atoms with Crippen LogP contribution in [-0.4, -0.2) is 54.0 Å². The van der Waals surface area contributed by atoms with Gasteiger partial charge in [0.1, 0.15) is 15.9 Å². The second-order valence-corrected chi connectivity index (χ2v) is 9.82. The molecule has 1 aliphatic heterocycles.